The lowest BCUT2D eigenvalue weighted by molar-refractivity contribution is 0.417. The molecule has 0 radical (unpaired) electrons. The van der Waals surface area contributed by atoms with E-state index in [2.05, 4.69) is 9.71 Å². The molecule has 0 saturated heterocycles. The Morgan fingerprint density at radius 2 is 1.85 bits per heavy atom. The molecule has 0 aliphatic rings. The first-order valence-electron chi connectivity index (χ1n) is 7.62. The lowest BCUT2D eigenvalue weighted by Gasteiger charge is -2.12. The van der Waals surface area contributed by atoms with Crippen LogP contribution in [-0.2, 0) is 10.0 Å². The molecule has 9 heteroatoms. The zero-order valence-electron chi connectivity index (χ0n) is 14.6. The summed E-state index contributed by atoms with van der Waals surface area (Å²) in [6, 6.07) is 6.44. The Balaban J connectivity index is 1.99. The summed E-state index contributed by atoms with van der Waals surface area (Å²) in [6.07, 6.45) is 0. The summed E-state index contributed by atoms with van der Waals surface area (Å²) in [7, 11) is -2.31. The van der Waals surface area contributed by atoms with Crippen molar-refractivity contribution in [1.82, 2.24) is 4.98 Å². The van der Waals surface area contributed by atoms with Crippen molar-refractivity contribution in [3.8, 4) is 15.6 Å². The number of hydrogen-bond donors (Lipinski definition) is 1. The van der Waals surface area contributed by atoms with E-state index in [-0.39, 0.29) is 4.90 Å². The smallest absolute Gasteiger partial charge is 0.263 e. The predicted octanol–water partition coefficient (Wildman–Crippen LogP) is 5.26. The average molecular weight is 429 g/mol. The Labute approximate surface area is 165 Å². The maximum Gasteiger partial charge on any atom is 0.263 e. The number of hydrogen-bond acceptors (Lipinski definition) is 6. The van der Waals surface area contributed by atoms with Crippen molar-refractivity contribution in [2.45, 2.75) is 25.7 Å². The van der Waals surface area contributed by atoms with Gasteiger partial charge in [0, 0.05) is 14.8 Å². The van der Waals surface area contributed by atoms with Crippen LogP contribution in [0.15, 0.2) is 29.2 Å². The van der Waals surface area contributed by atoms with E-state index in [1.807, 2.05) is 13.8 Å². The van der Waals surface area contributed by atoms with Gasteiger partial charge in [-0.15, -0.1) is 22.7 Å². The number of anilines is 1. The third-order valence-electron chi connectivity index (χ3n) is 3.81. The van der Waals surface area contributed by atoms with Gasteiger partial charge in [-0.05, 0) is 45.0 Å². The van der Waals surface area contributed by atoms with Crippen molar-refractivity contribution in [2.24, 2.45) is 0 Å². The van der Waals surface area contributed by atoms with Crippen LogP contribution < -0.4 is 9.46 Å². The van der Waals surface area contributed by atoms with E-state index in [0.717, 1.165) is 20.5 Å². The molecule has 2 aromatic heterocycles. The minimum atomic E-state index is -3.79. The van der Waals surface area contributed by atoms with Crippen LogP contribution in [0.3, 0.4) is 0 Å². The molecule has 0 amide bonds. The van der Waals surface area contributed by atoms with E-state index in [4.69, 9.17) is 16.3 Å². The average Bonchev–Trinajstić information content (AvgIpc) is 3.11. The van der Waals surface area contributed by atoms with E-state index in [1.54, 1.807) is 36.5 Å². The van der Waals surface area contributed by atoms with Gasteiger partial charge in [-0.3, -0.25) is 4.72 Å². The molecular weight excluding hydrogens is 412 g/mol. The van der Waals surface area contributed by atoms with Gasteiger partial charge in [-0.1, -0.05) is 11.6 Å². The minimum absolute atomic E-state index is 0.227. The molecule has 1 aromatic carbocycles. The van der Waals surface area contributed by atoms with Gasteiger partial charge in [0.25, 0.3) is 10.0 Å². The number of aryl methyl sites for hydroxylation is 3. The first-order chi connectivity index (χ1) is 12.2. The fourth-order valence-corrected chi connectivity index (χ4v) is 6.16. The summed E-state index contributed by atoms with van der Waals surface area (Å²) in [5.41, 5.74) is 1.26. The third kappa shape index (κ3) is 3.73. The van der Waals surface area contributed by atoms with Crippen molar-refractivity contribution in [3.05, 3.63) is 44.7 Å². The fourth-order valence-electron chi connectivity index (χ4n) is 2.38. The Hall–Kier alpha value is -1.61. The fraction of sp³-hybridized carbons (Fsp3) is 0.235. The van der Waals surface area contributed by atoms with Crippen molar-refractivity contribution >= 4 is 50.0 Å². The van der Waals surface area contributed by atoms with E-state index in [9.17, 15) is 8.42 Å². The number of benzene rings is 1. The van der Waals surface area contributed by atoms with E-state index in [0.29, 0.717) is 21.3 Å². The first kappa shape index (κ1) is 19.2. The number of ether oxygens (including phenoxy) is 1. The van der Waals surface area contributed by atoms with Gasteiger partial charge < -0.3 is 4.74 Å². The second-order valence-electron chi connectivity index (χ2n) is 5.64. The quantitative estimate of drug-likeness (QED) is 0.601. The SMILES string of the molecule is COc1ccc(Cl)cc1NS(=O)(=O)c1cc(-c2nc(C)c(C)s2)sc1C. The van der Waals surface area contributed by atoms with Crippen molar-refractivity contribution in [2.75, 3.05) is 11.8 Å². The van der Waals surface area contributed by atoms with Gasteiger partial charge in [0.1, 0.15) is 15.7 Å². The molecular formula is C17H17ClN2O3S3. The highest BCUT2D eigenvalue weighted by Gasteiger charge is 2.23. The highest BCUT2D eigenvalue weighted by Crippen LogP contribution is 2.38. The van der Waals surface area contributed by atoms with Crippen LogP contribution in [-0.4, -0.2) is 20.5 Å². The molecule has 0 saturated carbocycles. The molecule has 0 aliphatic heterocycles. The Morgan fingerprint density at radius 3 is 2.46 bits per heavy atom. The molecule has 138 valence electrons. The number of nitrogens with one attached hydrogen (secondary N) is 1. The molecule has 0 spiro atoms. The van der Waals surface area contributed by atoms with E-state index < -0.39 is 10.0 Å². The summed E-state index contributed by atoms with van der Waals surface area (Å²) in [5, 5.41) is 1.25. The Morgan fingerprint density at radius 1 is 1.12 bits per heavy atom. The number of thiazole rings is 1. The highest BCUT2D eigenvalue weighted by molar-refractivity contribution is 7.93. The third-order valence-corrected chi connectivity index (χ3v) is 7.96. The van der Waals surface area contributed by atoms with Crippen LogP contribution in [0.1, 0.15) is 15.4 Å². The van der Waals surface area contributed by atoms with Gasteiger partial charge in [0.2, 0.25) is 0 Å². The second-order valence-corrected chi connectivity index (χ2v) is 10.2. The molecule has 3 rings (SSSR count). The molecule has 0 unspecified atom stereocenters. The van der Waals surface area contributed by atoms with Crippen LogP contribution in [0.4, 0.5) is 5.69 Å². The van der Waals surface area contributed by atoms with Crippen molar-refractivity contribution in [1.29, 1.82) is 0 Å². The Bertz CT molecular complexity index is 1050. The summed E-state index contributed by atoms with van der Waals surface area (Å²) in [6.45, 7) is 5.73. The topological polar surface area (TPSA) is 68.3 Å². The molecule has 2 heterocycles. The number of methoxy groups -OCH3 is 1. The van der Waals surface area contributed by atoms with E-state index in [1.165, 1.54) is 24.5 Å². The van der Waals surface area contributed by atoms with Crippen molar-refractivity contribution in [3.63, 3.8) is 0 Å². The maximum absolute atomic E-state index is 12.9. The molecule has 3 aromatic rings. The number of rotatable bonds is 5. The molecule has 0 atom stereocenters. The summed E-state index contributed by atoms with van der Waals surface area (Å²) >= 11 is 8.96. The highest BCUT2D eigenvalue weighted by atomic mass is 35.5. The monoisotopic (exact) mass is 428 g/mol. The minimum Gasteiger partial charge on any atom is -0.495 e. The van der Waals surface area contributed by atoms with Crippen LogP contribution in [0.5, 0.6) is 5.75 Å². The number of nitrogens with zero attached hydrogens (tertiary/aromatic N) is 1. The summed E-state index contributed by atoms with van der Waals surface area (Å²) in [5.74, 6) is 0.400. The predicted molar refractivity (Wildman–Crippen MR) is 108 cm³/mol. The van der Waals surface area contributed by atoms with E-state index >= 15 is 0 Å². The van der Waals surface area contributed by atoms with Gasteiger partial charge in [0.15, 0.2) is 0 Å². The molecule has 5 nitrogen and oxygen atoms in total. The van der Waals surface area contributed by atoms with Gasteiger partial charge in [-0.2, -0.15) is 0 Å². The number of halogens is 1. The summed E-state index contributed by atoms with van der Waals surface area (Å²) < 4.78 is 33.6. The second kappa shape index (κ2) is 7.19. The molecule has 26 heavy (non-hydrogen) atoms. The molecule has 0 aliphatic carbocycles. The maximum atomic E-state index is 12.9. The van der Waals surface area contributed by atoms with Crippen molar-refractivity contribution < 1.29 is 13.2 Å². The molecule has 0 bridgehead atoms. The molecule has 1 N–H and O–H groups in total. The largest absolute Gasteiger partial charge is 0.495 e. The normalized spacial score (nSPS) is 11.6. The zero-order valence-corrected chi connectivity index (χ0v) is 17.8. The lowest BCUT2D eigenvalue weighted by atomic mass is 10.3. The number of aromatic nitrogens is 1. The van der Waals surface area contributed by atoms with Gasteiger partial charge in [-0.25, -0.2) is 13.4 Å². The van der Waals surface area contributed by atoms with Gasteiger partial charge >= 0.3 is 0 Å². The van der Waals surface area contributed by atoms with Crippen LogP contribution >= 0.6 is 34.3 Å². The number of sulfonamides is 1. The van der Waals surface area contributed by atoms with Crippen LogP contribution in [0.2, 0.25) is 5.02 Å². The van der Waals surface area contributed by atoms with Crippen LogP contribution in [0.25, 0.3) is 9.88 Å². The standard InChI is InChI=1S/C17H17ClN2O3S3/c1-9-10(2)25-17(19-9)15-8-16(11(3)24-15)26(21,22)20-13-7-12(18)5-6-14(13)23-4/h5-8,20H,1-4H3. The summed E-state index contributed by atoms with van der Waals surface area (Å²) in [4.78, 5) is 7.39. The zero-order chi connectivity index (χ0) is 19.1. The lowest BCUT2D eigenvalue weighted by Crippen LogP contribution is -2.13. The first-order valence-corrected chi connectivity index (χ1v) is 11.1. The Kier molecular flexibility index (Phi) is 5.30. The van der Waals surface area contributed by atoms with Crippen LogP contribution in [0, 0.1) is 20.8 Å². The number of thiophene rings is 1. The van der Waals surface area contributed by atoms with Gasteiger partial charge in [0.05, 0.1) is 23.4 Å². The molecule has 0 fully saturated rings.